The maximum Gasteiger partial charge on any atom is 0.0558 e. The van der Waals surface area contributed by atoms with Gasteiger partial charge in [-0.15, -0.1) is 0 Å². The Labute approximate surface area is 87.5 Å². The van der Waals surface area contributed by atoms with Crippen molar-refractivity contribution < 1.29 is 5.11 Å². The molecule has 1 aliphatic rings. The molecule has 0 amide bonds. The van der Waals surface area contributed by atoms with Crippen molar-refractivity contribution in [1.82, 2.24) is 10.2 Å². The average Bonchev–Trinajstić information content (AvgIpc) is 2.17. The lowest BCUT2D eigenvalue weighted by Gasteiger charge is -2.31. The van der Waals surface area contributed by atoms with Crippen LogP contribution in [0.4, 0.5) is 0 Å². The Morgan fingerprint density at radius 3 is 2.50 bits per heavy atom. The summed E-state index contributed by atoms with van der Waals surface area (Å²) in [5.74, 6) is 0.840. The summed E-state index contributed by atoms with van der Waals surface area (Å²) in [4.78, 5) is 2.35. The number of hydrogen-bond acceptors (Lipinski definition) is 3. The van der Waals surface area contributed by atoms with Crippen LogP contribution in [0.15, 0.2) is 0 Å². The molecule has 2 N–H and O–H groups in total. The van der Waals surface area contributed by atoms with E-state index in [1.54, 1.807) is 0 Å². The van der Waals surface area contributed by atoms with Crippen molar-refractivity contribution >= 4 is 0 Å². The molecule has 1 saturated heterocycles. The molecule has 0 aromatic rings. The number of aliphatic hydroxyl groups excluding tert-OH is 1. The highest BCUT2D eigenvalue weighted by molar-refractivity contribution is 4.74. The third-order valence-corrected chi connectivity index (χ3v) is 2.94. The lowest BCUT2D eigenvalue weighted by atomic mass is 9.96. The molecule has 14 heavy (non-hydrogen) atoms. The van der Waals surface area contributed by atoms with Gasteiger partial charge in [0.05, 0.1) is 6.61 Å². The summed E-state index contributed by atoms with van der Waals surface area (Å²) in [5, 5.41) is 12.3. The van der Waals surface area contributed by atoms with Crippen molar-refractivity contribution in [1.29, 1.82) is 0 Å². The van der Waals surface area contributed by atoms with Gasteiger partial charge in [0.1, 0.15) is 0 Å². The number of β-amino-alcohol motifs (C(OH)–C–C–N with tert-alkyl or cyclic N) is 1. The molecule has 0 bridgehead atoms. The number of hydrogen-bond donors (Lipinski definition) is 2. The molecule has 84 valence electrons. The summed E-state index contributed by atoms with van der Waals surface area (Å²) in [7, 11) is 0. The number of piperidine rings is 1. The first-order valence-electron chi connectivity index (χ1n) is 5.79. The third kappa shape index (κ3) is 4.40. The molecule has 1 heterocycles. The maximum absolute atomic E-state index is 8.81. The molecule has 1 aliphatic heterocycles. The highest BCUT2D eigenvalue weighted by Crippen LogP contribution is 2.15. The Bertz CT molecular complexity index is 142. The van der Waals surface area contributed by atoms with Crippen LogP contribution in [0.2, 0.25) is 0 Å². The molecule has 3 heteroatoms. The van der Waals surface area contributed by atoms with E-state index in [1.165, 1.54) is 12.8 Å². The molecule has 0 saturated carbocycles. The van der Waals surface area contributed by atoms with E-state index < -0.39 is 0 Å². The number of aliphatic hydroxyl groups is 1. The number of nitrogens with one attached hydrogen (secondary N) is 1. The van der Waals surface area contributed by atoms with Crippen LogP contribution >= 0.6 is 0 Å². The van der Waals surface area contributed by atoms with Crippen molar-refractivity contribution in [2.45, 2.75) is 32.7 Å². The van der Waals surface area contributed by atoms with E-state index in [1.807, 2.05) is 0 Å². The van der Waals surface area contributed by atoms with E-state index in [-0.39, 0.29) is 0 Å². The molecule has 0 atom stereocenters. The van der Waals surface area contributed by atoms with Crippen LogP contribution in [-0.4, -0.2) is 48.8 Å². The molecular weight excluding hydrogens is 176 g/mol. The van der Waals surface area contributed by atoms with Crippen LogP contribution in [-0.2, 0) is 0 Å². The maximum atomic E-state index is 8.81. The zero-order valence-electron chi connectivity index (χ0n) is 9.50. The van der Waals surface area contributed by atoms with Gasteiger partial charge in [0.25, 0.3) is 0 Å². The van der Waals surface area contributed by atoms with Crippen LogP contribution in [0.3, 0.4) is 0 Å². The molecule has 0 unspecified atom stereocenters. The second-order valence-corrected chi connectivity index (χ2v) is 4.57. The van der Waals surface area contributed by atoms with Crippen LogP contribution < -0.4 is 5.32 Å². The zero-order chi connectivity index (χ0) is 10.4. The average molecular weight is 200 g/mol. The van der Waals surface area contributed by atoms with Crippen molar-refractivity contribution in [3.63, 3.8) is 0 Å². The number of likely N-dealkylation sites (tertiary alicyclic amines) is 1. The van der Waals surface area contributed by atoms with Gasteiger partial charge in [-0.05, 0) is 38.4 Å². The Kier molecular flexibility index (Phi) is 5.45. The fraction of sp³-hybridized carbons (Fsp3) is 1.00. The smallest absolute Gasteiger partial charge is 0.0558 e. The monoisotopic (exact) mass is 200 g/mol. The van der Waals surface area contributed by atoms with Gasteiger partial charge in [-0.1, -0.05) is 13.8 Å². The van der Waals surface area contributed by atoms with Gasteiger partial charge < -0.3 is 15.3 Å². The minimum Gasteiger partial charge on any atom is -0.395 e. The van der Waals surface area contributed by atoms with E-state index in [0.29, 0.717) is 12.6 Å². The van der Waals surface area contributed by atoms with E-state index in [9.17, 15) is 0 Å². The fourth-order valence-electron chi connectivity index (χ4n) is 1.96. The van der Waals surface area contributed by atoms with Crippen molar-refractivity contribution in [2.24, 2.45) is 5.92 Å². The lowest BCUT2D eigenvalue weighted by molar-refractivity contribution is 0.146. The summed E-state index contributed by atoms with van der Waals surface area (Å²) in [5.41, 5.74) is 0. The lowest BCUT2D eigenvalue weighted by Crippen LogP contribution is -2.39. The quantitative estimate of drug-likeness (QED) is 0.685. The molecule has 0 spiro atoms. The minimum absolute atomic E-state index is 0.301. The second kappa shape index (κ2) is 6.38. The van der Waals surface area contributed by atoms with Crippen molar-refractivity contribution in [2.75, 3.05) is 32.8 Å². The summed E-state index contributed by atoms with van der Waals surface area (Å²) in [6.45, 7) is 9.02. The molecular formula is C11H24N2O. The van der Waals surface area contributed by atoms with Crippen LogP contribution in [0.5, 0.6) is 0 Å². The molecule has 0 radical (unpaired) electrons. The largest absolute Gasteiger partial charge is 0.395 e. The van der Waals surface area contributed by atoms with Crippen LogP contribution in [0.25, 0.3) is 0 Å². The predicted molar refractivity (Wildman–Crippen MR) is 59.4 cm³/mol. The van der Waals surface area contributed by atoms with E-state index in [2.05, 4.69) is 24.1 Å². The molecule has 0 aromatic carbocycles. The molecule has 0 aliphatic carbocycles. The van der Waals surface area contributed by atoms with Crippen LogP contribution in [0, 0.1) is 5.92 Å². The number of rotatable bonds is 5. The van der Waals surface area contributed by atoms with Gasteiger partial charge in [-0.2, -0.15) is 0 Å². The van der Waals surface area contributed by atoms with Crippen molar-refractivity contribution in [3.05, 3.63) is 0 Å². The Morgan fingerprint density at radius 2 is 2.00 bits per heavy atom. The predicted octanol–water partition coefficient (Wildman–Crippen LogP) is 0.689. The summed E-state index contributed by atoms with van der Waals surface area (Å²) < 4.78 is 0. The third-order valence-electron chi connectivity index (χ3n) is 2.94. The molecule has 1 rings (SSSR count). The summed E-state index contributed by atoms with van der Waals surface area (Å²) >= 11 is 0. The first-order chi connectivity index (χ1) is 6.72. The highest BCUT2D eigenvalue weighted by Gasteiger charge is 2.18. The van der Waals surface area contributed by atoms with Crippen molar-refractivity contribution in [3.8, 4) is 0 Å². The highest BCUT2D eigenvalue weighted by atomic mass is 16.3. The first-order valence-corrected chi connectivity index (χ1v) is 5.79. The zero-order valence-corrected chi connectivity index (χ0v) is 9.50. The van der Waals surface area contributed by atoms with Gasteiger partial charge in [0.2, 0.25) is 0 Å². The molecule has 3 nitrogen and oxygen atoms in total. The minimum atomic E-state index is 0.301. The van der Waals surface area contributed by atoms with E-state index in [4.69, 9.17) is 5.11 Å². The van der Waals surface area contributed by atoms with Gasteiger partial charge >= 0.3 is 0 Å². The van der Waals surface area contributed by atoms with E-state index >= 15 is 0 Å². The Morgan fingerprint density at radius 1 is 1.36 bits per heavy atom. The van der Waals surface area contributed by atoms with E-state index in [0.717, 1.165) is 32.1 Å². The molecule has 0 aromatic heterocycles. The second-order valence-electron chi connectivity index (χ2n) is 4.57. The van der Waals surface area contributed by atoms with Gasteiger partial charge in [0.15, 0.2) is 0 Å². The normalized spacial score (nSPS) is 20.6. The van der Waals surface area contributed by atoms with Gasteiger partial charge in [0, 0.05) is 12.6 Å². The van der Waals surface area contributed by atoms with Gasteiger partial charge in [-0.25, -0.2) is 0 Å². The number of nitrogens with zero attached hydrogens (tertiary/aromatic N) is 1. The van der Waals surface area contributed by atoms with Crippen LogP contribution in [0.1, 0.15) is 26.7 Å². The Balaban J connectivity index is 2.09. The summed E-state index contributed by atoms with van der Waals surface area (Å²) in [6, 6.07) is 0.602. The standard InChI is InChI=1S/C11H24N2O/c1-10(2)12-9-11-3-5-13(6-4-11)7-8-14/h10-12,14H,3-9H2,1-2H3. The Hall–Kier alpha value is -0.120. The fourth-order valence-corrected chi connectivity index (χ4v) is 1.96. The topological polar surface area (TPSA) is 35.5 Å². The first kappa shape index (κ1) is 12.0. The molecule has 1 fully saturated rings. The summed E-state index contributed by atoms with van der Waals surface area (Å²) in [6.07, 6.45) is 2.56. The van der Waals surface area contributed by atoms with Gasteiger partial charge in [-0.3, -0.25) is 0 Å². The SMILES string of the molecule is CC(C)NCC1CCN(CCO)CC1.